The van der Waals surface area contributed by atoms with Gasteiger partial charge in [-0.1, -0.05) is 51.1 Å². The standard InChI is InChI=1S/C48H76N2O14/c1-14-35-48(10,55)40-31(6)49-42(52)27(2)25-47(9,58-23-19-18-22-57-40)39(64-45-37(51)34(50(11)12)24-28(3)59-45)29(4)38(30(5)43(53)61-35)62-36-26-46(8,56-13)41(32(7)60-36)63-44(54)33-20-16-15-17-21-33/h15-21,27-32,34-41,45,51,55H,14,22-26H2,1-13H3,(H,49,52)/b19-18-/t27-,28-,29+,30?,31-,32+,34+,35-,36+,37-,38?,39-,40-,41+,45+,46-,47-,48-/m1/s1. The summed E-state index contributed by atoms with van der Waals surface area (Å²) in [6, 6.07) is 7.64. The molecule has 2 bridgehead atoms. The Bertz CT molecular complexity index is 1730. The number of nitrogens with zero attached hydrogens (tertiary/aromatic N) is 1. The van der Waals surface area contributed by atoms with Crippen LogP contribution in [0.4, 0.5) is 0 Å². The first kappa shape index (κ1) is 51.9. The van der Waals surface area contributed by atoms with Crippen LogP contribution in [0.2, 0.25) is 0 Å². The van der Waals surface area contributed by atoms with Crippen LogP contribution in [0, 0.1) is 17.8 Å². The summed E-state index contributed by atoms with van der Waals surface area (Å²) in [7, 11) is 5.31. The van der Waals surface area contributed by atoms with E-state index in [0.717, 1.165) is 0 Å². The minimum Gasteiger partial charge on any atom is -0.459 e. The van der Waals surface area contributed by atoms with Crippen molar-refractivity contribution in [2.45, 2.75) is 185 Å². The Morgan fingerprint density at radius 3 is 2.25 bits per heavy atom. The molecule has 16 nitrogen and oxygen atoms in total. The van der Waals surface area contributed by atoms with Crippen molar-refractivity contribution in [1.82, 2.24) is 10.2 Å². The van der Waals surface area contributed by atoms with E-state index in [-0.39, 0.29) is 50.5 Å². The molecule has 4 aliphatic heterocycles. The van der Waals surface area contributed by atoms with E-state index < -0.39 is 108 Å². The number of aliphatic hydroxyl groups excluding tert-OH is 1. The predicted molar refractivity (Wildman–Crippen MR) is 236 cm³/mol. The normalized spacial score (nSPS) is 43.6. The number of carbonyl (C=O) groups excluding carboxylic acids is 3. The summed E-state index contributed by atoms with van der Waals surface area (Å²) in [4.78, 5) is 44.2. The van der Waals surface area contributed by atoms with Crippen molar-refractivity contribution in [2.75, 3.05) is 34.4 Å². The van der Waals surface area contributed by atoms with Gasteiger partial charge in [0.2, 0.25) is 5.91 Å². The topological polar surface area (TPSA) is 190 Å². The summed E-state index contributed by atoms with van der Waals surface area (Å²) in [5.74, 6) is -3.99. The van der Waals surface area contributed by atoms with Crippen molar-refractivity contribution in [3.05, 3.63) is 48.0 Å². The lowest BCUT2D eigenvalue weighted by Crippen LogP contribution is -2.61. The van der Waals surface area contributed by atoms with Crippen LogP contribution in [0.15, 0.2) is 42.5 Å². The van der Waals surface area contributed by atoms with E-state index in [1.165, 1.54) is 7.11 Å². The van der Waals surface area contributed by atoms with Crippen LogP contribution < -0.4 is 5.32 Å². The van der Waals surface area contributed by atoms with Crippen LogP contribution >= 0.6 is 0 Å². The van der Waals surface area contributed by atoms with Crippen molar-refractivity contribution in [3.8, 4) is 0 Å². The Kier molecular flexibility index (Phi) is 17.6. The Balaban J connectivity index is 1.63. The van der Waals surface area contributed by atoms with Crippen molar-refractivity contribution in [3.63, 3.8) is 0 Å². The number of carbonyl (C=O) groups is 3. The fourth-order valence-corrected chi connectivity index (χ4v) is 10.2. The number of rotatable bonds is 9. The zero-order valence-corrected chi connectivity index (χ0v) is 40.2. The van der Waals surface area contributed by atoms with Gasteiger partial charge in [0.15, 0.2) is 18.7 Å². The Hall–Kier alpha value is -3.03. The minimum absolute atomic E-state index is 0.0715. The summed E-state index contributed by atoms with van der Waals surface area (Å²) in [6.07, 6.45) is -4.66. The highest BCUT2D eigenvalue weighted by Crippen LogP contribution is 2.42. The molecule has 1 aromatic rings. The molecule has 64 heavy (non-hydrogen) atoms. The second-order valence-corrected chi connectivity index (χ2v) is 19.4. The average Bonchev–Trinajstić information content (AvgIpc) is 3.25. The zero-order chi connectivity index (χ0) is 47.3. The minimum atomic E-state index is -1.77. The number of hydrogen-bond donors (Lipinski definition) is 3. The number of likely N-dealkylation sites (N-methyl/N-ethyl adjacent to an activating group) is 1. The van der Waals surface area contributed by atoms with Crippen LogP contribution in [0.3, 0.4) is 0 Å². The van der Waals surface area contributed by atoms with Crippen molar-refractivity contribution in [1.29, 1.82) is 0 Å². The summed E-state index contributed by atoms with van der Waals surface area (Å²) in [5.41, 5.74) is -3.79. The second kappa shape index (κ2) is 21.7. The van der Waals surface area contributed by atoms with Gasteiger partial charge in [0.1, 0.15) is 29.5 Å². The highest BCUT2D eigenvalue weighted by Gasteiger charge is 2.55. The van der Waals surface area contributed by atoms with Gasteiger partial charge in [0, 0.05) is 31.4 Å². The van der Waals surface area contributed by atoms with Gasteiger partial charge >= 0.3 is 11.9 Å². The molecule has 1 aromatic carbocycles. The first-order valence-corrected chi connectivity index (χ1v) is 23.0. The van der Waals surface area contributed by atoms with Gasteiger partial charge in [-0.25, -0.2) is 4.79 Å². The summed E-state index contributed by atoms with van der Waals surface area (Å²) < 4.78 is 58.5. The molecule has 362 valence electrons. The van der Waals surface area contributed by atoms with Crippen molar-refractivity contribution < 1.29 is 67.2 Å². The predicted octanol–water partition coefficient (Wildman–Crippen LogP) is 4.57. The van der Waals surface area contributed by atoms with E-state index in [1.54, 1.807) is 71.9 Å². The molecule has 4 aliphatic rings. The third kappa shape index (κ3) is 11.7. The first-order chi connectivity index (χ1) is 30.1. The molecular formula is C48H76N2O14. The fourth-order valence-electron chi connectivity index (χ4n) is 10.2. The average molecular weight is 905 g/mol. The third-order valence-corrected chi connectivity index (χ3v) is 13.9. The van der Waals surface area contributed by atoms with E-state index >= 15 is 0 Å². The summed E-state index contributed by atoms with van der Waals surface area (Å²) >= 11 is 0. The monoisotopic (exact) mass is 905 g/mol. The summed E-state index contributed by atoms with van der Waals surface area (Å²) in [6.45, 7) is 18.0. The number of ether oxygens (including phenoxy) is 9. The Labute approximate surface area is 379 Å². The Morgan fingerprint density at radius 2 is 1.61 bits per heavy atom. The lowest BCUT2D eigenvalue weighted by atomic mass is 9.77. The molecule has 4 heterocycles. The maximum absolute atomic E-state index is 14.7. The van der Waals surface area contributed by atoms with Gasteiger partial charge in [-0.15, -0.1) is 0 Å². The highest BCUT2D eigenvalue weighted by molar-refractivity contribution is 5.89. The van der Waals surface area contributed by atoms with E-state index in [9.17, 15) is 24.6 Å². The fraction of sp³-hybridized carbons (Fsp3) is 0.771. The van der Waals surface area contributed by atoms with E-state index in [1.807, 2.05) is 58.8 Å². The number of hydrogen-bond acceptors (Lipinski definition) is 15. The molecular weight excluding hydrogens is 829 g/mol. The largest absolute Gasteiger partial charge is 0.459 e. The number of aliphatic hydroxyl groups is 2. The second-order valence-electron chi connectivity index (χ2n) is 19.4. The smallest absolute Gasteiger partial charge is 0.338 e. The lowest BCUT2D eigenvalue weighted by Gasteiger charge is -2.50. The number of methoxy groups -OCH3 is 1. The van der Waals surface area contributed by atoms with Crippen LogP contribution in [-0.2, 0) is 52.2 Å². The molecule has 3 N–H and O–H groups in total. The SMILES string of the molecule is CC[C@H]1OC(=O)C(C)C(O[C@H]2C[C@@](C)(OC)[C@@H](OC(=O)c3ccccc3)[C@H](C)O2)[C@H](C)[C@@H](O[C@@H]2O[C@H](C)C[C@H](N(C)C)[C@H]2O)[C@@]2(C)C[C@@H](C)C(=O)N[C@H](C)[C@@H](OC/C=C\CO2)[C@]1(C)O. The van der Waals surface area contributed by atoms with E-state index in [4.69, 9.17) is 42.6 Å². The Morgan fingerprint density at radius 1 is 0.938 bits per heavy atom. The molecule has 0 aromatic heterocycles. The molecule has 16 heteroatoms. The maximum atomic E-state index is 14.7. The van der Waals surface area contributed by atoms with Gasteiger partial charge in [-0.3, -0.25) is 9.59 Å². The quantitative estimate of drug-likeness (QED) is 0.231. The van der Waals surface area contributed by atoms with Gasteiger partial charge in [-0.2, -0.15) is 0 Å². The maximum Gasteiger partial charge on any atom is 0.338 e. The number of fused-ring (bicyclic) bond motifs is 6. The number of cyclic esters (lactones) is 1. The molecule has 0 aliphatic carbocycles. The molecule has 5 rings (SSSR count). The number of esters is 2. The molecule has 0 spiro atoms. The van der Waals surface area contributed by atoms with Gasteiger partial charge in [0.05, 0.1) is 60.8 Å². The molecule has 3 fully saturated rings. The van der Waals surface area contributed by atoms with Crippen molar-refractivity contribution >= 4 is 17.8 Å². The molecule has 1 amide bonds. The molecule has 3 saturated heterocycles. The van der Waals surface area contributed by atoms with E-state index in [2.05, 4.69) is 5.32 Å². The third-order valence-electron chi connectivity index (χ3n) is 13.9. The zero-order valence-electron chi connectivity index (χ0n) is 40.2. The van der Waals surface area contributed by atoms with Crippen molar-refractivity contribution in [2.24, 2.45) is 17.8 Å². The lowest BCUT2D eigenvalue weighted by molar-refractivity contribution is -0.319. The molecule has 2 unspecified atom stereocenters. The molecule has 0 radical (unpaired) electrons. The van der Waals surface area contributed by atoms with Gasteiger partial charge in [-0.05, 0) is 94.0 Å². The van der Waals surface area contributed by atoms with Crippen LogP contribution in [0.5, 0.6) is 0 Å². The first-order valence-electron chi connectivity index (χ1n) is 23.0. The number of benzene rings is 1. The molecule has 0 saturated carbocycles. The number of nitrogens with one attached hydrogen (secondary N) is 1. The van der Waals surface area contributed by atoms with Crippen LogP contribution in [-0.4, -0.2) is 158 Å². The summed E-state index contributed by atoms with van der Waals surface area (Å²) in [5, 5.41) is 27.2. The van der Waals surface area contributed by atoms with Crippen LogP contribution in [0.25, 0.3) is 0 Å². The van der Waals surface area contributed by atoms with Gasteiger partial charge in [0.25, 0.3) is 0 Å². The van der Waals surface area contributed by atoms with Gasteiger partial charge < -0.3 is 63.1 Å². The van der Waals surface area contributed by atoms with E-state index in [0.29, 0.717) is 12.0 Å². The molecule has 18 atom stereocenters. The highest BCUT2D eigenvalue weighted by atomic mass is 16.7. The van der Waals surface area contributed by atoms with Crippen LogP contribution in [0.1, 0.15) is 105 Å². The number of amides is 1.